The zero-order valence-electron chi connectivity index (χ0n) is 28.2. The van der Waals surface area contributed by atoms with E-state index in [0.717, 1.165) is 51.8 Å². The molecule has 3 aliphatic rings. The molecule has 6 heteroatoms. The van der Waals surface area contributed by atoms with Crippen molar-refractivity contribution in [1.82, 2.24) is 0 Å². The first kappa shape index (κ1) is 31.7. The Morgan fingerprint density at radius 1 is 0.490 bits per heavy atom. The lowest BCUT2D eigenvalue weighted by Gasteiger charge is -2.50. The van der Waals surface area contributed by atoms with Gasteiger partial charge in [0.1, 0.15) is 5.69 Å². The molecule has 0 amide bonds. The summed E-state index contributed by atoms with van der Waals surface area (Å²) in [5.41, 5.74) is 7.12. The van der Waals surface area contributed by atoms with Gasteiger partial charge in [0.2, 0.25) is 5.82 Å². The Bertz CT molecular complexity index is 2300. The Labute approximate surface area is 294 Å². The van der Waals surface area contributed by atoms with Gasteiger partial charge in [0.15, 0.2) is 23.3 Å². The van der Waals surface area contributed by atoms with Crippen LogP contribution in [0.3, 0.4) is 0 Å². The molecule has 6 aromatic rings. The van der Waals surface area contributed by atoms with Crippen LogP contribution >= 0.6 is 0 Å². The van der Waals surface area contributed by atoms with Gasteiger partial charge in [-0.05, 0) is 88.0 Å². The van der Waals surface area contributed by atoms with E-state index in [1.54, 1.807) is 6.07 Å². The second-order valence-electron chi connectivity index (χ2n) is 14.6. The molecule has 0 N–H and O–H groups in total. The molecule has 1 heterocycles. The zero-order valence-corrected chi connectivity index (χ0v) is 28.2. The van der Waals surface area contributed by atoms with Gasteiger partial charge in [0, 0.05) is 11.1 Å². The molecule has 0 saturated heterocycles. The highest BCUT2D eigenvalue weighted by Crippen LogP contribution is 2.62. The van der Waals surface area contributed by atoms with Crippen molar-refractivity contribution < 1.29 is 22.0 Å². The summed E-state index contributed by atoms with van der Waals surface area (Å²) in [6, 6.07) is 41.9. The molecule has 2 unspecified atom stereocenters. The highest BCUT2D eigenvalue weighted by molar-refractivity contribution is 5.89. The molecule has 6 aromatic carbocycles. The van der Waals surface area contributed by atoms with Gasteiger partial charge >= 0.3 is 0 Å². The Hall–Kier alpha value is -5.23. The van der Waals surface area contributed by atoms with Crippen LogP contribution in [0.25, 0.3) is 22.3 Å². The third kappa shape index (κ3) is 4.07. The van der Waals surface area contributed by atoms with Crippen molar-refractivity contribution >= 4 is 11.4 Å². The van der Waals surface area contributed by atoms with E-state index < -0.39 is 51.1 Å². The Balaban J connectivity index is 1.27. The van der Waals surface area contributed by atoms with E-state index >= 15 is 8.78 Å². The maximum absolute atomic E-state index is 15.6. The molecule has 9 rings (SSSR count). The molecule has 1 fully saturated rings. The van der Waals surface area contributed by atoms with Crippen molar-refractivity contribution in [3.05, 3.63) is 178 Å². The molecule has 51 heavy (non-hydrogen) atoms. The smallest absolute Gasteiger partial charge is 0.200 e. The van der Waals surface area contributed by atoms with Crippen LogP contribution < -0.4 is 4.90 Å². The van der Waals surface area contributed by atoms with Crippen molar-refractivity contribution in [3.63, 3.8) is 0 Å². The number of anilines is 2. The van der Waals surface area contributed by atoms with Crippen LogP contribution in [0, 0.1) is 29.1 Å². The highest BCUT2D eigenvalue weighted by Gasteiger charge is 2.59. The van der Waals surface area contributed by atoms with E-state index in [9.17, 15) is 13.2 Å². The molecule has 1 aliphatic heterocycles. The average molecular weight is 684 g/mol. The summed E-state index contributed by atoms with van der Waals surface area (Å²) in [6.45, 7) is 3.96. The van der Waals surface area contributed by atoms with Crippen LogP contribution in [0.5, 0.6) is 0 Å². The summed E-state index contributed by atoms with van der Waals surface area (Å²) in [6.07, 6.45) is 2.89. The molecular weight excluding hydrogens is 649 g/mol. The minimum absolute atomic E-state index is 0.463. The van der Waals surface area contributed by atoms with Crippen LogP contribution in [0.1, 0.15) is 67.3 Å². The number of hydrogen-bond donors (Lipinski definition) is 0. The van der Waals surface area contributed by atoms with Gasteiger partial charge in [0.05, 0.1) is 11.0 Å². The van der Waals surface area contributed by atoms with E-state index in [1.165, 1.54) is 16.0 Å². The maximum atomic E-state index is 15.6. The third-order valence-electron chi connectivity index (χ3n) is 12.3. The van der Waals surface area contributed by atoms with Gasteiger partial charge in [-0.15, -0.1) is 0 Å². The summed E-state index contributed by atoms with van der Waals surface area (Å²) in [5, 5.41) is 0. The predicted octanol–water partition coefficient (Wildman–Crippen LogP) is 12.2. The van der Waals surface area contributed by atoms with Crippen molar-refractivity contribution in [1.29, 1.82) is 0 Å². The Kier molecular flexibility index (Phi) is 6.93. The van der Waals surface area contributed by atoms with E-state index in [2.05, 4.69) is 104 Å². The summed E-state index contributed by atoms with van der Waals surface area (Å²) < 4.78 is 74.8. The number of benzene rings is 6. The van der Waals surface area contributed by atoms with Crippen LogP contribution in [-0.2, 0) is 10.8 Å². The molecule has 2 atom stereocenters. The number of hydrogen-bond acceptors (Lipinski definition) is 1. The normalized spacial score (nSPS) is 21.2. The number of halogens is 5. The highest BCUT2D eigenvalue weighted by atomic mass is 19.2. The van der Waals surface area contributed by atoms with Crippen LogP contribution in [0.4, 0.5) is 33.3 Å². The second kappa shape index (κ2) is 11.1. The quantitative estimate of drug-likeness (QED) is 0.101. The van der Waals surface area contributed by atoms with E-state index in [-0.39, 0.29) is 0 Å². The number of fused-ring (bicyclic) bond motifs is 6. The molecule has 0 radical (unpaired) electrons. The summed E-state index contributed by atoms with van der Waals surface area (Å²) in [7, 11) is 0. The topological polar surface area (TPSA) is 3.24 Å². The van der Waals surface area contributed by atoms with Crippen LogP contribution in [0.15, 0.2) is 121 Å². The van der Waals surface area contributed by atoms with Crippen molar-refractivity contribution in [2.24, 2.45) is 0 Å². The van der Waals surface area contributed by atoms with E-state index in [4.69, 9.17) is 0 Å². The largest absolute Gasteiger partial charge is 0.329 e. The van der Waals surface area contributed by atoms with Gasteiger partial charge < -0.3 is 4.90 Å². The lowest BCUT2D eigenvalue weighted by Crippen LogP contribution is -2.55. The fraction of sp³-hybridized carbons (Fsp3) is 0.200. The molecule has 0 bridgehead atoms. The van der Waals surface area contributed by atoms with Crippen molar-refractivity contribution in [3.8, 4) is 22.3 Å². The average Bonchev–Trinajstić information content (AvgIpc) is 3.57. The fourth-order valence-corrected chi connectivity index (χ4v) is 9.68. The van der Waals surface area contributed by atoms with Gasteiger partial charge in [-0.3, -0.25) is 0 Å². The molecule has 1 nitrogen and oxygen atoms in total. The van der Waals surface area contributed by atoms with Crippen molar-refractivity contribution in [2.75, 3.05) is 4.90 Å². The lowest BCUT2D eigenvalue weighted by molar-refractivity contribution is 0.192. The monoisotopic (exact) mass is 683 g/mol. The number of rotatable bonds is 4. The predicted molar refractivity (Wildman–Crippen MR) is 192 cm³/mol. The molecule has 254 valence electrons. The van der Waals surface area contributed by atoms with Crippen LogP contribution in [0.2, 0.25) is 0 Å². The Morgan fingerprint density at radius 2 is 1.00 bits per heavy atom. The van der Waals surface area contributed by atoms with Gasteiger partial charge in [0.25, 0.3) is 0 Å². The molecule has 2 aliphatic carbocycles. The van der Waals surface area contributed by atoms with Gasteiger partial charge in [-0.1, -0.05) is 123 Å². The van der Waals surface area contributed by atoms with Crippen LogP contribution in [-0.4, -0.2) is 5.54 Å². The first-order valence-corrected chi connectivity index (χ1v) is 17.4. The number of nitrogens with zero attached hydrogens (tertiary/aromatic N) is 1. The molecular formula is C45H34F5N. The van der Waals surface area contributed by atoms with Gasteiger partial charge in [-0.2, -0.15) is 0 Å². The minimum Gasteiger partial charge on any atom is -0.329 e. The summed E-state index contributed by atoms with van der Waals surface area (Å²) >= 11 is 0. The van der Waals surface area contributed by atoms with E-state index in [0.29, 0.717) is 18.5 Å². The first-order valence-electron chi connectivity index (χ1n) is 17.4. The Morgan fingerprint density at radius 3 is 1.65 bits per heavy atom. The minimum atomic E-state index is -2.15. The molecule has 1 saturated carbocycles. The van der Waals surface area contributed by atoms with E-state index in [1.807, 2.05) is 25.1 Å². The van der Waals surface area contributed by atoms with Crippen molar-refractivity contribution in [2.45, 2.75) is 55.9 Å². The fourth-order valence-electron chi connectivity index (χ4n) is 9.68. The third-order valence-corrected chi connectivity index (χ3v) is 12.3. The SMILES string of the molecule is CC12CCCCC1(C)N(c1c(F)c(F)c(F)c(F)c1F)c1ccc(-c3ccc4c(c3)C(c3ccccc3)(c3ccccc3)c3ccccc3-4)cc12. The molecule has 0 spiro atoms. The summed E-state index contributed by atoms with van der Waals surface area (Å²) in [5.74, 6) is -9.65. The molecule has 0 aromatic heterocycles. The first-order chi connectivity index (χ1) is 24.6. The second-order valence-corrected chi connectivity index (χ2v) is 14.6. The van der Waals surface area contributed by atoms with Gasteiger partial charge in [-0.25, -0.2) is 22.0 Å². The summed E-state index contributed by atoms with van der Waals surface area (Å²) in [4.78, 5) is 1.40. The maximum Gasteiger partial charge on any atom is 0.200 e. The standard InChI is InChI=1S/C45H34F5N/c1-43-23-11-12-24-44(43,2)51(42-40(49)38(47)37(46)39(48)41(42)50)36-22-20-28(26-35(36)43)27-19-21-32-31-17-9-10-18-33(31)45(34(32)25-27,29-13-5-3-6-14-29)30-15-7-4-8-16-30/h3-10,13-22,25-26H,11-12,23-24H2,1-2H3. The zero-order chi connectivity index (χ0) is 35.3. The lowest BCUT2D eigenvalue weighted by atomic mass is 9.61.